The number of likely N-dealkylation sites (N-methyl/N-ethyl adjacent to an activating group) is 1. The molecule has 0 amide bonds. The third-order valence-electron chi connectivity index (χ3n) is 4.15. The van der Waals surface area contributed by atoms with Gasteiger partial charge in [0.1, 0.15) is 11.5 Å². The molecule has 0 aliphatic carbocycles. The maximum Gasteiger partial charge on any atom is 0.119 e. The Kier molecular flexibility index (Phi) is 4.53. The second-order valence-electron chi connectivity index (χ2n) is 6.00. The van der Waals surface area contributed by atoms with E-state index < -0.39 is 0 Å². The zero-order valence-electron chi connectivity index (χ0n) is 13.3. The van der Waals surface area contributed by atoms with E-state index in [0.29, 0.717) is 0 Å². The molecule has 2 aromatic rings. The number of phenols is 2. The third kappa shape index (κ3) is 4.05. The first-order valence-corrected chi connectivity index (χ1v) is 7.85. The molecule has 0 saturated carbocycles. The fraction of sp³-hybridized carbons (Fsp3) is 0.263. The minimum atomic E-state index is 0.0649. The van der Waals surface area contributed by atoms with E-state index >= 15 is 0 Å². The summed E-state index contributed by atoms with van der Waals surface area (Å²) in [6.07, 6.45) is 3.85. The molecule has 0 radical (unpaired) electrons. The fourth-order valence-corrected chi connectivity index (χ4v) is 2.77. The van der Waals surface area contributed by atoms with Gasteiger partial charge in [-0.3, -0.25) is 0 Å². The van der Waals surface area contributed by atoms with Crippen molar-refractivity contribution < 1.29 is 10.2 Å². The van der Waals surface area contributed by atoms with Gasteiger partial charge in [0.25, 0.3) is 0 Å². The van der Waals surface area contributed by atoms with Gasteiger partial charge in [-0.1, -0.05) is 24.3 Å². The van der Waals surface area contributed by atoms with Crippen LogP contribution in [0.4, 0.5) is 5.69 Å². The Morgan fingerprint density at radius 2 is 1.35 bits per heavy atom. The summed E-state index contributed by atoms with van der Waals surface area (Å²) in [6, 6.07) is 13.0. The Balaban J connectivity index is 1.68. The molecule has 0 aromatic heterocycles. The fourth-order valence-electron chi connectivity index (χ4n) is 2.77. The molecule has 0 bridgehead atoms. The van der Waals surface area contributed by atoms with Gasteiger partial charge in [0.2, 0.25) is 0 Å². The van der Waals surface area contributed by atoms with Crippen LogP contribution in [0.5, 0.6) is 11.5 Å². The first-order chi connectivity index (χ1) is 11.1. The number of hydrogen-bond acceptors (Lipinski definition) is 4. The highest BCUT2D eigenvalue weighted by atomic mass is 16.3. The summed E-state index contributed by atoms with van der Waals surface area (Å²) in [5, 5.41) is 19.0. The first-order valence-electron chi connectivity index (χ1n) is 7.85. The molecular weight excluding hydrogens is 288 g/mol. The van der Waals surface area contributed by atoms with E-state index in [1.165, 1.54) is 11.8 Å². The lowest BCUT2D eigenvalue weighted by Gasteiger charge is -2.34. The highest BCUT2D eigenvalue weighted by Gasteiger charge is 2.13. The average molecular weight is 310 g/mol. The number of phenolic OH excluding ortho intramolecular Hbond substituents is 2. The highest BCUT2D eigenvalue weighted by Crippen LogP contribution is 2.22. The van der Waals surface area contributed by atoms with Crippen molar-refractivity contribution in [2.24, 2.45) is 0 Å². The second-order valence-corrected chi connectivity index (χ2v) is 6.00. The Morgan fingerprint density at radius 3 is 1.96 bits per heavy atom. The van der Waals surface area contributed by atoms with Crippen molar-refractivity contribution in [1.29, 1.82) is 0 Å². The maximum absolute atomic E-state index is 9.49. The molecule has 4 heteroatoms. The maximum atomic E-state index is 9.49. The molecule has 23 heavy (non-hydrogen) atoms. The molecule has 4 nitrogen and oxygen atoms in total. The third-order valence-corrected chi connectivity index (χ3v) is 4.15. The van der Waals surface area contributed by atoms with Crippen LogP contribution in [-0.2, 0) is 0 Å². The zero-order chi connectivity index (χ0) is 16.2. The molecule has 0 unspecified atom stereocenters. The van der Waals surface area contributed by atoms with Crippen LogP contribution in [0.3, 0.4) is 0 Å². The van der Waals surface area contributed by atoms with E-state index in [2.05, 4.69) is 41.1 Å². The molecule has 1 aliphatic rings. The number of rotatable bonds is 3. The summed E-state index contributed by atoms with van der Waals surface area (Å²) >= 11 is 0. The quantitative estimate of drug-likeness (QED) is 0.856. The van der Waals surface area contributed by atoms with Crippen LogP contribution in [0.2, 0.25) is 0 Å². The number of aromatic hydroxyl groups is 2. The lowest BCUT2D eigenvalue weighted by Crippen LogP contribution is -2.44. The van der Waals surface area contributed by atoms with E-state index in [1.54, 1.807) is 12.1 Å². The van der Waals surface area contributed by atoms with E-state index in [9.17, 15) is 10.2 Å². The highest BCUT2D eigenvalue weighted by molar-refractivity contribution is 5.71. The summed E-state index contributed by atoms with van der Waals surface area (Å²) in [6.45, 7) is 4.33. The number of nitrogens with zero attached hydrogens (tertiary/aromatic N) is 2. The van der Waals surface area contributed by atoms with Crippen LogP contribution in [-0.4, -0.2) is 48.3 Å². The van der Waals surface area contributed by atoms with Gasteiger partial charge in [-0.2, -0.15) is 0 Å². The molecular formula is C19H22N2O2. The SMILES string of the molecule is CN1CCN(c2ccc(/C=C/c3cc(O)cc(O)c3)cc2)CC1. The van der Waals surface area contributed by atoms with Gasteiger partial charge in [-0.05, 0) is 42.4 Å². The molecule has 1 fully saturated rings. The molecule has 2 aromatic carbocycles. The molecule has 1 saturated heterocycles. The van der Waals surface area contributed by atoms with Crippen molar-refractivity contribution >= 4 is 17.8 Å². The van der Waals surface area contributed by atoms with Crippen LogP contribution in [0.1, 0.15) is 11.1 Å². The minimum absolute atomic E-state index is 0.0649. The second kappa shape index (κ2) is 6.75. The molecule has 1 aliphatic heterocycles. The monoisotopic (exact) mass is 310 g/mol. The number of piperazine rings is 1. The summed E-state index contributed by atoms with van der Waals surface area (Å²) in [5.41, 5.74) is 3.11. The van der Waals surface area contributed by atoms with Crippen molar-refractivity contribution in [3.05, 3.63) is 53.6 Å². The van der Waals surface area contributed by atoms with E-state index in [4.69, 9.17) is 0 Å². The molecule has 3 rings (SSSR count). The summed E-state index contributed by atoms with van der Waals surface area (Å²) in [7, 11) is 2.16. The molecule has 120 valence electrons. The van der Waals surface area contributed by atoms with Crippen LogP contribution < -0.4 is 4.90 Å². The average Bonchev–Trinajstić information content (AvgIpc) is 2.53. The normalized spacial score (nSPS) is 16.1. The smallest absolute Gasteiger partial charge is 0.119 e. The zero-order valence-corrected chi connectivity index (χ0v) is 13.3. The summed E-state index contributed by atoms with van der Waals surface area (Å²) in [4.78, 5) is 4.75. The van der Waals surface area contributed by atoms with Gasteiger partial charge in [0, 0.05) is 37.9 Å². The van der Waals surface area contributed by atoms with Crippen LogP contribution in [0.25, 0.3) is 12.2 Å². The van der Waals surface area contributed by atoms with Gasteiger partial charge in [-0.25, -0.2) is 0 Å². The van der Waals surface area contributed by atoms with Gasteiger partial charge in [0.05, 0.1) is 0 Å². The van der Waals surface area contributed by atoms with Crippen LogP contribution in [0, 0.1) is 0 Å². The van der Waals surface area contributed by atoms with E-state index in [-0.39, 0.29) is 11.5 Å². The molecule has 0 atom stereocenters. The molecule has 0 spiro atoms. The largest absolute Gasteiger partial charge is 0.508 e. The van der Waals surface area contributed by atoms with Crippen molar-refractivity contribution in [2.75, 3.05) is 38.1 Å². The Bertz CT molecular complexity index is 667. The van der Waals surface area contributed by atoms with Gasteiger partial charge >= 0.3 is 0 Å². The first kappa shape index (κ1) is 15.4. The number of benzene rings is 2. The topological polar surface area (TPSA) is 46.9 Å². The number of hydrogen-bond donors (Lipinski definition) is 2. The standard InChI is InChI=1S/C19H22N2O2/c1-20-8-10-21(11-9-20)17-6-4-15(5-7-17)2-3-16-12-18(22)14-19(23)13-16/h2-7,12-14,22-23H,8-11H2,1H3/b3-2+. The predicted molar refractivity (Wildman–Crippen MR) is 94.9 cm³/mol. The molecule has 1 heterocycles. The van der Waals surface area contributed by atoms with Gasteiger partial charge in [-0.15, -0.1) is 0 Å². The van der Waals surface area contributed by atoms with Crippen LogP contribution >= 0.6 is 0 Å². The van der Waals surface area contributed by atoms with Crippen LogP contribution in [0.15, 0.2) is 42.5 Å². The van der Waals surface area contributed by atoms with E-state index in [1.807, 2.05) is 12.2 Å². The predicted octanol–water partition coefficient (Wildman–Crippen LogP) is 3.02. The minimum Gasteiger partial charge on any atom is -0.508 e. The Morgan fingerprint density at radius 1 is 0.783 bits per heavy atom. The van der Waals surface area contributed by atoms with Crippen molar-refractivity contribution in [3.63, 3.8) is 0 Å². The Labute approximate surface area is 136 Å². The summed E-state index contributed by atoms with van der Waals surface area (Å²) < 4.78 is 0. The summed E-state index contributed by atoms with van der Waals surface area (Å²) in [5.74, 6) is 0.130. The van der Waals surface area contributed by atoms with Crippen molar-refractivity contribution in [2.45, 2.75) is 0 Å². The lowest BCUT2D eigenvalue weighted by molar-refractivity contribution is 0.313. The molecule has 2 N–H and O–H groups in total. The van der Waals surface area contributed by atoms with Crippen molar-refractivity contribution in [1.82, 2.24) is 4.90 Å². The van der Waals surface area contributed by atoms with Gasteiger partial charge in [0.15, 0.2) is 0 Å². The lowest BCUT2D eigenvalue weighted by atomic mass is 10.1. The van der Waals surface area contributed by atoms with Gasteiger partial charge < -0.3 is 20.0 Å². The van der Waals surface area contributed by atoms with Crippen molar-refractivity contribution in [3.8, 4) is 11.5 Å². The Hall–Kier alpha value is -2.46. The number of anilines is 1. The van der Waals surface area contributed by atoms with E-state index in [0.717, 1.165) is 37.3 Å².